The number of sulfone groups is 1. The Bertz CT molecular complexity index is 439. The molecule has 0 saturated heterocycles. The fourth-order valence-corrected chi connectivity index (χ4v) is 1.96. The average molecular weight is 257 g/mol. The third kappa shape index (κ3) is 5.19. The van der Waals surface area contributed by atoms with Crippen molar-refractivity contribution in [2.45, 2.75) is 13.0 Å². The van der Waals surface area contributed by atoms with Crippen LogP contribution in [-0.2, 0) is 9.84 Å². The van der Waals surface area contributed by atoms with Crippen molar-refractivity contribution >= 4 is 9.84 Å². The molecular formula is C12H19NO3S. The van der Waals surface area contributed by atoms with Crippen molar-refractivity contribution in [2.24, 2.45) is 0 Å². The highest BCUT2D eigenvalue weighted by Crippen LogP contribution is 2.16. The highest BCUT2D eigenvalue weighted by Gasteiger charge is 2.07. The highest BCUT2D eigenvalue weighted by molar-refractivity contribution is 7.90. The number of ether oxygens (including phenoxy) is 1. The molecule has 1 aromatic carbocycles. The Balaban J connectivity index is 2.49. The molecule has 1 atom stereocenters. The Labute approximate surface area is 103 Å². The lowest BCUT2D eigenvalue weighted by Crippen LogP contribution is -2.25. The molecule has 0 radical (unpaired) electrons. The van der Waals surface area contributed by atoms with Crippen LogP contribution in [-0.4, -0.2) is 34.1 Å². The van der Waals surface area contributed by atoms with Crippen molar-refractivity contribution < 1.29 is 13.2 Å². The van der Waals surface area contributed by atoms with Crippen LogP contribution < -0.4 is 10.1 Å². The molecule has 1 rings (SSSR count). The highest BCUT2D eigenvalue weighted by atomic mass is 32.2. The van der Waals surface area contributed by atoms with Gasteiger partial charge in [0, 0.05) is 18.8 Å². The standard InChI is InChI=1S/C12H19NO3S/c1-10(13-8-9-17(3,14)15)11-4-6-12(16-2)7-5-11/h4-7,10,13H,8-9H2,1-3H3. The summed E-state index contributed by atoms with van der Waals surface area (Å²) in [6.45, 7) is 2.47. The molecule has 0 aliphatic rings. The molecule has 0 aliphatic carbocycles. The zero-order valence-electron chi connectivity index (χ0n) is 10.4. The van der Waals surface area contributed by atoms with Crippen molar-refractivity contribution in [1.82, 2.24) is 5.32 Å². The number of rotatable bonds is 6. The number of methoxy groups -OCH3 is 1. The van der Waals surface area contributed by atoms with Gasteiger partial charge in [0.05, 0.1) is 12.9 Å². The SMILES string of the molecule is COc1ccc(C(C)NCCS(C)(=O)=O)cc1. The first-order valence-corrected chi connectivity index (χ1v) is 7.53. The predicted octanol–water partition coefficient (Wildman–Crippen LogP) is 1.39. The quantitative estimate of drug-likeness (QED) is 0.836. The first kappa shape index (κ1) is 14.0. The Morgan fingerprint density at radius 1 is 1.29 bits per heavy atom. The van der Waals surface area contributed by atoms with Gasteiger partial charge in [-0.25, -0.2) is 8.42 Å². The van der Waals surface area contributed by atoms with Gasteiger partial charge in [0.1, 0.15) is 15.6 Å². The van der Waals surface area contributed by atoms with E-state index in [0.717, 1.165) is 11.3 Å². The van der Waals surface area contributed by atoms with Gasteiger partial charge >= 0.3 is 0 Å². The van der Waals surface area contributed by atoms with E-state index in [1.54, 1.807) is 7.11 Å². The minimum atomic E-state index is -2.90. The van der Waals surface area contributed by atoms with E-state index in [1.165, 1.54) is 6.26 Å². The van der Waals surface area contributed by atoms with Crippen LogP contribution in [0.25, 0.3) is 0 Å². The Morgan fingerprint density at radius 2 is 1.88 bits per heavy atom. The number of nitrogens with one attached hydrogen (secondary N) is 1. The van der Waals surface area contributed by atoms with Gasteiger partial charge in [-0.15, -0.1) is 0 Å². The Kier molecular flexibility index (Phi) is 4.96. The van der Waals surface area contributed by atoms with Crippen LogP contribution in [0.15, 0.2) is 24.3 Å². The van der Waals surface area contributed by atoms with Gasteiger partial charge in [0.25, 0.3) is 0 Å². The molecular weight excluding hydrogens is 238 g/mol. The lowest BCUT2D eigenvalue weighted by atomic mass is 10.1. The number of hydrogen-bond donors (Lipinski definition) is 1. The van der Waals surface area contributed by atoms with E-state index < -0.39 is 9.84 Å². The van der Waals surface area contributed by atoms with Crippen LogP contribution in [0.3, 0.4) is 0 Å². The summed E-state index contributed by atoms with van der Waals surface area (Å²) < 4.78 is 27.0. The van der Waals surface area contributed by atoms with Gasteiger partial charge in [0.15, 0.2) is 0 Å². The zero-order valence-corrected chi connectivity index (χ0v) is 11.3. The summed E-state index contributed by atoms with van der Waals surface area (Å²) in [4.78, 5) is 0. The molecule has 0 aliphatic heterocycles. The summed E-state index contributed by atoms with van der Waals surface area (Å²) in [7, 11) is -1.27. The minimum absolute atomic E-state index is 0.127. The van der Waals surface area contributed by atoms with Crippen molar-refractivity contribution in [3.05, 3.63) is 29.8 Å². The normalized spacial score (nSPS) is 13.4. The lowest BCUT2D eigenvalue weighted by Gasteiger charge is -2.14. The zero-order chi connectivity index (χ0) is 12.9. The number of benzene rings is 1. The summed E-state index contributed by atoms with van der Waals surface area (Å²) in [5, 5.41) is 3.17. The summed E-state index contributed by atoms with van der Waals surface area (Å²) in [6, 6.07) is 7.85. The second-order valence-electron chi connectivity index (χ2n) is 4.08. The average Bonchev–Trinajstić information content (AvgIpc) is 2.27. The topological polar surface area (TPSA) is 55.4 Å². The van der Waals surface area contributed by atoms with Crippen LogP contribution in [0.4, 0.5) is 0 Å². The molecule has 1 unspecified atom stereocenters. The first-order valence-electron chi connectivity index (χ1n) is 5.47. The number of hydrogen-bond acceptors (Lipinski definition) is 4. The van der Waals surface area contributed by atoms with E-state index in [4.69, 9.17) is 4.74 Å². The van der Waals surface area contributed by atoms with Crippen LogP contribution in [0.2, 0.25) is 0 Å². The summed E-state index contributed by atoms with van der Waals surface area (Å²) in [5.74, 6) is 0.977. The van der Waals surface area contributed by atoms with E-state index in [9.17, 15) is 8.42 Å². The summed E-state index contributed by atoms with van der Waals surface area (Å²) >= 11 is 0. The van der Waals surface area contributed by atoms with Gasteiger partial charge in [-0.1, -0.05) is 12.1 Å². The second kappa shape index (κ2) is 6.02. The second-order valence-corrected chi connectivity index (χ2v) is 6.34. The molecule has 0 amide bonds. The van der Waals surface area contributed by atoms with Gasteiger partial charge < -0.3 is 10.1 Å². The van der Waals surface area contributed by atoms with Crippen molar-refractivity contribution in [3.63, 3.8) is 0 Å². The largest absolute Gasteiger partial charge is 0.497 e. The van der Waals surface area contributed by atoms with E-state index >= 15 is 0 Å². The lowest BCUT2D eigenvalue weighted by molar-refractivity contribution is 0.414. The monoisotopic (exact) mass is 257 g/mol. The maximum absolute atomic E-state index is 11.0. The van der Waals surface area contributed by atoms with Crippen LogP contribution >= 0.6 is 0 Å². The van der Waals surface area contributed by atoms with Gasteiger partial charge in [0.2, 0.25) is 0 Å². The summed E-state index contributed by atoms with van der Waals surface area (Å²) in [5.41, 5.74) is 1.11. The molecule has 0 aromatic heterocycles. The minimum Gasteiger partial charge on any atom is -0.497 e. The molecule has 0 bridgehead atoms. The van der Waals surface area contributed by atoms with E-state index in [-0.39, 0.29) is 11.8 Å². The van der Waals surface area contributed by atoms with Crippen LogP contribution in [0, 0.1) is 0 Å². The Hall–Kier alpha value is -1.07. The summed E-state index contributed by atoms with van der Waals surface area (Å²) in [6.07, 6.45) is 1.24. The van der Waals surface area contributed by atoms with Gasteiger partial charge in [-0.2, -0.15) is 0 Å². The molecule has 5 heteroatoms. The molecule has 0 saturated carbocycles. The maximum Gasteiger partial charge on any atom is 0.148 e. The Morgan fingerprint density at radius 3 is 2.35 bits per heavy atom. The maximum atomic E-state index is 11.0. The first-order chi connectivity index (χ1) is 7.92. The molecule has 17 heavy (non-hydrogen) atoms. The molecule has 96 valence electrons. The molecule has 1 N–H and O–H groups in total. The third-order valence-electron chi connectivity index (χ3n) is 2.54. The van der Waals surface area contributed by atoms with E-state index in [1.807, 2.05) is 31.2 Å². The van der Waals surface area contributed by atoms with Crippen molar-refractivity contribution in [3.8, 4) is 5.75 Å². The third-order valence-corrected chi connectivity index (χ3v) is 3.48. The molecule has 1 aromatic rings. The van der Waals surface area contributed by atoms with E-state index in [0.29, 0.717) is 6.54 Å². The molecule has 0 spiro atoms. The van der Waals surface area contributed by atoms with Crippen molar-refractivity contribution in [1.29, 1.82) is 0 Å². The van der Waals surface area contributed by atoms with Crippen LogP contribution in [0.1, 0.15) is 18.5 Å². The fraction of sp³-hybridized carbons (Fsp3) is 0.500. The van der Waals surface area contributed by atoms with Gasteiger partial charge in [-0.3, -0.25) is 0 Å². The smallest absolute Gasteiger partial charge is 0.148 e. The molecule has 0 heterocycles. The predicted molar refractivity (Wildman–Crippen MR) is 69.1 cm³/mol. The molecule has 0 fully saturated rings. The van der Waals surface area contributed by atoms with E-state index in [2.05, 4.69) is 5.32 Å². The van der Waals surface area contributed by atoms with Crippen molar-refractivity contribution in [2.75, 3.05) is 25.7 Å². The van der Waals surface area contributed by atoms with Gasteiger partial charge in [-0.05, 0) is 24.6 Å². The van der Waals surface area contributed by atoms with Crippen LogP contribution in [0.5, 0.6) is 5.75 Å². The molecule has 4 nitrogen and oxygen atoms in total. The fourth-order valence-electron chi connectivity index (χ4n) is 1.47.